The minimum atomic E-state index is 0.253. The first-order chi connectivity index (χ1) is 8.03. The van der Waals surface area contributed by atoms with Crippen LogP contribution in [0.15, 0.2) is 0 Å². The molecule has 0 aromatic carbocycles. The van der Waals surface area contributed by atoms with Crippen molar-refractivity contribution in [1.29, 1.82) is 0 Å². The number of morpholine rings is 1. The van der Waals surface area contributed by atoms with Gasteiger partial charge in [-0.3, -0.25) is 0 Å². The Morgan fingerprint density at radius 1 is 1.47 bits per heavy atom. The van der Waals surface area contributed by atoms with E-state index >= 15 is 0 Å². The highest BCUT2D eigenvalue weighted by atomic mass is 16.5. The summed E-state index contributed by atoms with van der Waals surface area (Å²) in [5.41, 5.74) is 0.253. The maximum absolute atomic E-state index is 8.84. The number of nitrogens with one attached hydrogen (secondary N) is 1. The van der Waals surface area contributed by atoms with E-state index in [0.717, 1.165) is 45.6 Å². The zero-order valence-electron chi connectivity index (χ0n) is 11.5. The molecule has 1 rings (SSSR count). The molecule has 1 saturated heterocycles. The van der Waals surface area contributed by atoms with Crippen LogP contribution in [0.2, 0.25) is 0 Å². The van der Waals surface area contributed by atoms with Crippen LogP contribution in [0.4, 0.5) is 0 Å². The molecule has 0 amide bonds. The molecule has 4 heteroatoms. The fourth-order valence-corrected chi connectivity index (χ4v) is 2.21. The number of ether oxygens (including phenoxy) is 1. The predicted molar refractivity (Wildman–Crippen MR) is 70.2 cm³/mol. The molecule has 1 heterocycles. The second-order valence-corrected chi connectivity index (χ2v) is 5.88. The van der Waals surface area contributed by atoms with Gasteiger partial charge in [0.05, 0.1) is 12.7 Å². The Hall–Kier alpha value is -0.160. The number of hydrogen-bond donors (Lipinski definition) is 2. The second-order valence-electron chi connectivity index (χ2n) is 5.88. The molecule has 4 nitrogen and oxygen atoms in total. The van der Waals surface area contributed by atoms with Gasteiger partial charge in [0.15, 0.2) is 0 Å². The molecule has 1 atom stereocenters. The topological polar surface area (TPSA) is 44.7 Å². The van der Waals surface area contributed by atoms with Gasteiger partial charge in [-0.05, 0) is 25.3 Å². The van der Waals surface area contributed by atoms with E-state index in [1.165, 1.54) is 0 Å². The molecule has 17 heavy (non-hydrogen) atoms. The molecule has 1 aliphatic heterocycles. The maximum Gasteiger partial charge on any atom is 0.0826 e. The van der Waals surface area contributed by atoms with Crippen molar-refractivity contribution >= 4 is 0 Å². The third-order valence-corrected chi connectivity index (χ3v) is 3.33. The first-order valence-corrected chi connectivity index (χ1v) is 6.65. The van der Waals surface area contributed by atoms with Crippen LogP contribution in [0.1, 0.15) is 26.7 Å². The van der Waals surface area contributed by atoms with Gasteiger partial charge in [-0.2, -0.15) is 0 Å². The third kappa shape index (κ3) is 6.36. The summed E-state index contributed by atoms with van der Waals surface area (Å²) in [5, 5.41) is 12.3. The molecule has 0 spiro atoms. The van der Waals surface area contributed by atoms with Gasteiger partial charge in [0.1, 0.15) is 0 Å². The summed E-state index contributed by atoms with van der Waals surface area (Å²) < 4.78 is 5.70. The molecule has 2 N–H and O–H groups in total. The van der Waals surface area contributed by atoms with E-state index in [-0.39, 0.29) is 5.41 Å². The fourth-order valence-electron chi connectivity index (χ4n) is 2.21. The predicted octanol–water partition coefficient (Wildman–Crippen LogP) is 0.705. The Bertz CT molecular complexity index is 210. The maximum atomic E-state index is 8.84. The molecule has 1 aliphatic rings. The Labute approximate surface area is 105 Å². The molecular weight excluding hydrogens is 216 g/mol. The molecule has 0 aromatic heterocycles. The monoisotopic (exact) mass is 244 g/mol. The summed E-state index contributed by atoms with van der Waals surface area (Å²) in [4.78, 5) is 2.31. The molecule has 0 saturated carbocycles. The van der Waals surface area contributed by atoms with Crippen LogP contribution < -0.4 is 5.32 Å². The van der Waals surface area contributed by atoms with Crippen LogP contribution >= 0.6 is 0 Å². The molecule has 1 fully saturated rings. The lowest BCUT2D eigenvalue weighted by Crippen LogP contribution is -2.46. The van der Waals surface area contributed by atoms with Gasteiger partial charge >= 0.3 is 0 Å². The number of likely N-dealkylation sites (N-methyl/N-ethyl adjacent to an activating group) is 1. The Kier molecular flexibility index (Phi) is 6.41. The normalized spacial score (nSPS) is 22.9. The Morgan fingerprint density at radius 2 is 2.24 bits per heavy atom. The van der Waals surface area contributed by atoms with Crippen LogP contribution in [0, 0.1) is 5.41 Å². The summed E-state index contributed by atoms with van der Waals surface area (Å²) in [7, 11) is 2.14. The van der Waals surface area contributed by atoms with Crippen LogP contribution in [0.25, 0.3) is 0 Å². The van der Waals surface area contributed by atoms with Gasteiger partial charge in [0.2, 0.25) is 0 Å². The SMILES string of the molecule is CN1CCOC(CNCC(C)(C)CCCO)C1. The standard InChI is InChI=1S/C13H28N2O2/c1-13(2,5-4-7-16)11-14-9-12-10-15(3)6-8-17-12/h12,14,16H,4-11H2,1-3H3. The smallest absolute Gasteiger partial charge is 0.0826 e. The number of aliphatic hydroxyl groups excluding tert-OH is 1. The summed E-state index contributed by atoms with van der Waals surface area (Å²) in [6, 6.07) is 0. The van der Waals surface area contributed by atoms with E-state index in [2.05, 4.69) is 31.1 Å². The lowest BCUT2D eigenvalue weighted by atomic mass is 9.88. The summed E-state index contributed by atoms with van der Waals surface area (Å²) in [5.74, 6) is 0. The molecular formula is C13H28N2O2. The van der Waals surface area contributed by atoms with Crippen molar-refractivity contribution in [2.24, 2.45) is 5.41 Å². The van der Waals surface area contributed by atoms with Crippen LogP contribution in [0.3, 0.4) is 0 Å². The van der Waals surface area contributed by atoms with Gasteiger partial charge in [-0.25, -0.2) is 0 Å². The summed E-state index contributed by atoms with van der Waals surface area (Å²) in [6.45, 7) is 9.58. The number of hydrogen-bond acceptors (Lipinski definition) is 4. The van der Waals surface area contributed by atoms with Crippen LogP contribution in [-0.4, -0.2) is 62.6 Å². The lowest BCUT2D eigenvalue weighted by Gasteiger charge is -2.31. The molecule has 1 unspecified atom stereocenters. The first kappa shape index (κ1) is 14.9. The Balaban J connectivity index is 2.13. The minimum Gasteiger partial charge on any atom is -0.396 e. The van der Waals surface area contributed by atoms with Crippen molar-refractivity contribution in [3.8, 4) is 0 Å². The molecule has 102 valence electrons. The van der Waals surface area contributed by atoms with Crippen molar-refractivity contribution in [2.45, 2.75) is 32.8 Å². The van der Waals surface area contributed by atoms with Gasteiger partial charge < -0.3 is 20.1 Å². The first-order valence-electron chi connectivity index (χ1n) is 6.65. The average molecular weight is 244 g/mol. The highest BCUT2D eigenvalue weighted by Gasteiger charge is 2.20. The highest BCUT2D eigenvalue weighted by Crippen LogP contribution is 2.20. The number of aliphatic hydroxyl groups is 1. The zero-order valence-corrected chi connectivity index (χ0v) is 11.5. The van der Waals surface area contributed by atoms with Crippen LogP contribution in [-0.2, 0) is 4.74 Å². The summed E-state index contributed by atoms with van der Waals surface area (Å²) >= 11 is 0. The largest absolute Gasteiger partial charge is 0.396 e. The van der Waals surface area contributed by atoms with Gasteiger partial charge in [-0.15, -0.1) is 0 Å². The van der Waals surface area contributed by atoms with Crippen molar-refractivity contribution < 1.29 is 9.84 Å². The van der Waals surface area contributed by atoms with E-state index in [0.29, 0.717) is 12.7 Å². The molecule has 0 radical (unpaired) electrons. The quantitative estimate of drug-likeness (QED) is 0.692. The van der Waals surface area contributed by atoms with E-state index in [9.17, 15) is 0 Å². The van der Waals surface area contributed by atoms with E-state index < -0.39 is 0 Å². The lowest BCUT2D eigenvalue weighted by molar-refractivity contribution is -0.0189. The van der Waals surface area contributed by atoms with Gasteiger partial charge in [-0.1, -0.05) is 13.8 Å². The average Bonchev–Trinajstić information content (AvgIpc) is 2.26. The van der Waals surface area contributed by atoms with Crippen molar-refractivity contribution in [3.05, 3.63) is 0 Å². The molecule has 0 aliphatic carbocycles. The minimum absolute atomic E-state index is 0.253. The van der Waals surface area contributed by atoms with Crippen LogP contribution in [0.5, 0.6) is 0 Å². The number of rotatable bonds is 7. The van der Waals surface area contributed by atoms with Crippen molar-refractivity contribution in [2.75, 3.05) is 46.4 Å². The molecule has 0 bridgehead atoms. The van der Waals surface area contributed by atoms with Crippen molar-refractivity contribution in [3.63, 3.8) is 0 Å². The highest BCUT2D eigenvalue weighted by molar-refractivity contribution is 4.75. The van der Waals surface area contributed by atoms with Crippen molar-refractivity contribution in [1.82, 2.24) is 10.2 Å². The fraction of sp³-hybridized carbons (Fsp3) is 1.00. The van der Waals surface area contributed by atoms with E-state index in [1.807, 2.05) is 0 Å². The van der Waals surface area contributed by atoms with E-state index in [4.69, 9.17) is 9.84 Å². The van der Waals surface area contributed by atoms with Gasteiger partial charge in [0, 0.05) is 32.8 Å². The van der Waals surface area contributed by atoms with Gasteiger partial charge in [0.25, 0.3) is 0 Å². The second kappa shape index (κ2) is 7.31. The third-order valence-electron chi connectivity index (χ3n) is 3.33. The number of nitrogens with zero attached hydrogens (tertiary/aromatic N) is 1. The molecule has 0 aromatic rings. The van der Waals surface area contributed by atoms with E-state index in [1.54, 1.807) is 0 Å². The Morgan fingerprint density at radius 3 is 2.88 bits per heavy atom. The summed E-state index contributed by atoms with van der Waals surface area (Å²) in [6.07, 6.45) is 2.27. The zero-order chi connectivity index (χ0) is 12.7.